The van der Waals surface area contributed by atoms with Crippen molar-refractivity contribution in [3.63, 3.8) is 0 Å². The summed E-state index contributed by atoms with van der Waals surface area (Å²) < 4.78 is 5.03. The smallest absolute Gasteiger partial charge is 0.0547 e. The molecule has 0 N–H and O–H groups in total. The molecule has 0 bridgehead atoms. The van der Waals surface area contributed by atoms with Gasteiger partial charge in [0.1, 0.15) is 0 Å². The van der Waals surface area contributed by atoms with E-state index in [0.717, 1.165) is 131 Å². The maximum atomic E-state index is 2.53. The van der Waals surface area contributed by atoms with Crippen molar-refractivity contribution in [2.75, 3.05) is 9.80 Å². The summed E-state index contributed by atoms with van der Waals surface area (Å²) in [5.41, 5.74) is 36.6. The molecule has 0 saturated carbocycles. The third-order valence-corrected chi connectivity index (χ3v) is 27.7. The van der Waals surface area contributed by atoms with Gasteiger partial charge in [0, 0.05) is 72.4 Å². The maximum absolute atomic E-state index is 2.53. The number of allylic oxidation sites excluding steroid dienone is 10. The Morgan fingerprint density at radius 1 is 0.207 bits per heavy atom. The Kier molecular flexibility index (Phi) is 20.1. The fourth-order valence-corrected chi connectivity index (χ4v) is 21.4. The molecule has 2 aromatic heterocycles. The third-order valence-electron chi connectivity index (χ3n) is 27.7. The number of aromatic nitrogens is 2. The Balaban J connectivity index is 0.591. The molecule has 4 heteroatoms. The summed E-state index contributed by atoms with van der Waals surface area (Å²) in [4.78, 5) is 4.92. The third kappa shape index (κ3) is 14.4. The number of anilines is 6. The van der Waals surface area contributed by atoms with Crippen molar-refractivity contribution in [1.29, 1.82) is 0 Å². The molecular formula is C131H90N4. The molecule has 23 aromatic rings. The Morgan fingerprint density at radius 2 is 0.719 bits per heavy atom. The van der Waals surface area contributed by atoms with Gasteiger partial charge in [0.25, 0.3) is 0 Å². The predicted molar refractivity (Wildman–Crippen MR) is 575 cm³/mol. The molecule has 2 aliphatic carbocycles. The molecule has 0 atom stereocenters. The van der Waals surface area contributed by atoms with Gasteiger partial charge in [-0.05, 0) is 278 Å². The van der Waals surface area contributed by atoms with Gasteiger partial charge in [0.05, 0.1) is 33.4 Å². The molecule has 0 unspecified atom stereocenters. The van der Waals surface area contributed by atoms with Crippen molar-refractivity contribution < 1.29 is 0 Å². The zero-order chi connectivity index (χ0) is 89.2. The standard InChI is InChI=1S/C131H90N4/c1-2-8-38-92(37-7-1)110-75-73-108(133(106-48-29-46-97(82-106)89-34-11-4-12-35-89)128-78-67-103(84-121(128)94-41-15-6-16-42-94)114-50-22-26-57-125(114)135-126-58-27-23-51-117(126)123-83-98-44-19-20-45-99(98)85-130(123)135)87-122(110)115-54-30-47-100-81-102(66-74-111(100)115)109-53-31-55-118-116(109)77-79-129-131(118)119-52-24-28-59-127(119)134(129)124-56-25-21-49-113(124)95-64-70-105(71-65-95)132(104-68-62-91(63-69-104)88-32-9-3-10-33-88)107-72-76-112(120(86-107)93-39-13-5-14-40-93)101-61-60-90-36-17-18-43-96(90)80-101/h1-7,9-21,23-25,27-87H,8,22,26H2. The van der Waals surface area contributed by atoms with Gasteiger partial charge in [-0.2, -0.15) is 0 Å². The molecule has 4 nitrogen and oxygen atoms in total. The Bertz CT molecular complexity index is 8790. The lowest BCUT2D eigenvalue weighted by atomic mass is 9.88. The molecule has 135 heavy (non-hydrogen) atoms. The number of hydrogen-bond donors (Lipinski definition) is 0. The topological polar surface area (TPSA) is 16.3 Å². The van der Waals surface area contributed by atoms with Gasteiger partial charge in [-0.25, -0.2) is 0 Å². The van der Waals surface area contributed by atoms with E-state index in [-0.39, 0.29) is 0 Å². The van der Waals surface area contributed by atoms with Crippen LogP contribution in [0.15, 0.2) is 510 Å². The van der Waals surface area contributed by atoms with E-state index in [9.17, 15) is 0 Å². The molecule has 21 aromatic carbocycles. The fraction of sp³-hybridized carbons (Fsp3) is 0.0229. The highest BCUT2D eigenvalue weighted by Crippen LogP contribution is 2.52. The second-order valence-corrected chi connectivity index (χ2v) is 35.5. The van der Waals surface area contributed by atoms with Crippen molar-refractivity contribution in [3.8, 4) is 94.7 Å². The number of nitrogens with zero attached hydrogens (tertiary/aromatic N) is 4. The number of rotatable bonds is 18. The first-order valence-electron chi connectivity index (χ1n) is 47.0. The number of benzene rings is 21. The second kappa shape index (κ2) is 34.1. The zero-order valence-electron chi connectivity index (χ0n) is 74.4. The minimum atomic E-state index is 0.823. The summed E-state index contributed by atoms with van der Waals surface area (Å²) in [6, 6.07) is 174. The number of para-hydroxylation sites is 3. The Labute approximate surface area is 785 Å². The summed E-state index contributed by atoms with van der Waals surface area (Å²) in [6.45, 7) is 0. The summed E-state index contributed by atoms with van der Waals surface area (Å²) in [7, 11) is 0. The lowest BCUT2D eigenvalue weighted by Gasteiger charge is -2.30. The summed E-state index contributed by atoms with van der Waals surface area (Å²) >= 11 is 0. The van der Waals surface area contributed by atoms with Gasteiger partial charge in [-0.1, -0.05) is 388 Å². The molecule has 0 spiro atoms. The van der Waals surface area contributed by atoms with Crippen LogP contribution in [0.4, 0.5) is 34.1 Å². The van der Waals surface area contributed by atoms with Crippen LogP contribution in [0.2, 0.25) is 0 Å². The van der Waals surface area contributed by atoms with Crippen LogP contribution in [0.25, 0.3) is 198 Å². The lowest BCUT2D eigenvalue weighted by molar-refractivity contribution is 1.02. The quantitative estimate of drug-likeness (QED) is 0.0851. The van der Waals surface area contributed by atoms with Crippen molar-refractivity contribution in [1.82, 2.24) is 9.13 Å². The van der Waals surface area contributed by atoms with E-state index in [0.29, 0.717) is 0 Å². The zero-order valence-corrected chi connectivity index (χ0v) is 74.4. The van der Waals surface area contributed by atoms with Crippen LogP contribution in [0.3, 0.4) is 0 Å². The summed E-state index contributed by atoms with van der Waals surface area (Å²) in [6.07, 6.45) is 18.9. The van der Waals surface area contributed by atoms with Crippen molar-refractivity contribution >= 4 is 138 Å². The van der Waals surface area contributed by atoms with Crippen molar-refractivity contribution in [2.45, 2.75) is 19.3 Å². The lowest BCUT2D eigenvalue weighted by Crippen LogP contribution is -2.12. The molecule has 25 rings (SSSR count). The number of fused-ring (bicyclic) bond motifs is 11. The van der Waals surface area contributed by atoms with Crippen LogP contribution in [0.5, 0.6) is 0 Å². The van der Waals surface area contributed by atoms with Gasteiger partial charge >= 0.3 is 0 Å². The van der Waals surface area contributed by atoms with E-state index in [1.165, 1.54) is 132 Å². The molecule has 0 amide bonds. The fourth-order valence-electron chi connectivity index (χ4n) is 21.4. The highest BCUT2D eigenvalue weighted by Gasteiger charge is 2.28. The summed E-state index contributed by atoms with van der Waals surface area (Å²) in [5.74, 6) is 0. The van der Waals surface area contributed by atoms with Crippen LogP contribution in [0.1, 0.15) is 30.4 Å². The SMILES string of the molecule is C1=CCC=C(c2ccc(N(c3cccc(-c4ccccc4)c3)c3ccc(C4=CCCC=C4n4c5ccccc5c5cc6ccccc6cc54)cc3-c3ccccc3)cc2-c2cccc3cc(-c4cccc5c4ccc4c5c5ccccc5n4-c4ccccc4-c4ccc(N(c5ccc(-c6ccccc6)cc5)c5ccc(-c6ccc7ccccc7c6)c(-c6ccccc6)c5)cc4)ccc23)C=C1. The van der Waals surface area contributed by atoms with E-state index < -0.39 is 0 Å². The molecule has 2 aliphatic rings. The van der Waals surface area contributed by atoms with Crippen molar-refractivity contribution in [3.05, 3.63) is 521 Å². The molecule has 0 radical (unpaired) electrons. The average Bonchev–Trinajstić information content (AvgIpc) is 1.58. The molecule has 0 saturated heterocycles. The highest BCUT2D eigenvalue weighted by atomic mass is 15.2. The first kappa shape index (κ1) is 79.7. The second-order valence-electron chi connectivity index (χ2n) is 35.5. The van der Waals surface area contributed by atoms with Gasteiger partial charge in [0.15, 0.2) is 0 Å². The summed E-state index contributed by atoms with van der Waals surface area (Å²) in [5, 5.41) is 14.6. The minimum Gasteiger partial charge on any atom is -0.310 e. The van der Waals surface area contributed by atoms with E-state index in [1.54, 1.807) is 0 Å². The molecule has 0 aliphatic heterocycles. The molecule has 2 heterocycles. The average molecular weight is 1720 g/mol. The van der Waals surface area contributed by atoms with E-state index >= 15 is 0 Å². The van der Waals surface area contributed by atoms with Crippen LogP contribution < -0.4 is 9.80 Å². The van der Waals surface area contributed by atoms with Crippen LogP contribution >= 0.6 is 0 Å². The van der Waals surface area contributed by atoms with Gasteiger partial charge in [-0.3, -0.25) is 0 Å². The van der Waals surface area contributed by atoms with Gasteiger partial charge in [-0.15, -0.1) is 0 Å². The Hall–Kier alpha value is -17.4. The molecule has 634 valence electrons. The minimum absolute atomic E-state index is 0.823. The highest BCUT2D eigenvalue weighted by molar-refractivity contribution is 6.24. The predicted octanol–water partition coefficient (Wildman–Crippen LogP) is 36.4. The van der Waals surface area contributed by atoms with E-state index in [4.69, 9.17) is 0 Å². The van der Waals surface area contributed by atoms with Gasteiger partial charge < -0.3 is 18.9 Å². The number of hydrogen-bond acceptors (Lipinski definition) is 2. The maximum Gasteiger partial charge on any atom is 0.0547 e. The largest absolute Gasteiger partial charge is 0.310 e. The van der Waals surface area contributed by atoms with E-state index in [2.05, 4.69) is 529 Å². The monoisotopic (exact) mass is 1720 g/mol. The van der Waals surface area contributed by atoms with Crippen LogP contribution in [0, 0.1) is 0 Å². The molecular weight excluding hydrogens is 1630 g/mol. The first-order chi connectivity index (χ1) is 67.0. The normalized spacial score (nSPS) is 12.7. The van der Waals surface area contributed by atoms with E-state index in [1.807, 2.05) is 0 Å². The van der Waals surface area contributed by atoms with Crippen LogP contribution in [-0.4, -0.2) is 9.13 Å². The van der Waals surface area contributed by atoms with Crippen LogP contribution in [-0.2, 0) is 0 Å². The van der Waals surface area contributed by atoms with Gasteiger partial charge in [0.2, 0.25) is 0 Å². The Morgan fingerprint density at radius 3 is 1.49 bits per heavy atom. The van der Waals surface area contributed by atoms with Crippen molar-refractivity contribution in [2.24, 2.45) is 0 Å². The first-order valence-corrected chi connectivity index (χ1v) is 47.0. The molecule has 0 fully saturated rings.